The lowest BCUT2D eigenvalue weighted by molar-refractivity contribution is 0.0946. The van der Waals surface area contributed by atoms with Gasteiger partial charge in [-0.15, -0.1) is 0 Å². The molecule has 0 aliphatic carbocycles. The van der Waals surface area contributed by atoms with Gasteiger partial charge < -0.3 is 9.88 Å². The topological polar surface area (TPSA) is 70.7 Å². The fourth-order valence-electron chi connectivity index (χ4n) is 0.912. The zero-order valence-electron chi connectivity index (χ0n) is 8.19. The third kappa shape index (κ3) is 2.59. The number of amides is 1. The molecule has 1 heterocycles. The summed E-state index contributed by atoms with van der Waals surface area (Å²) in [6.07, 6.45) is 3.19. The minimum Gasteiger partial charge on any atom is -0.349 e. The Morgan fingerprint density at radius 1 is 1.86 bits per heavy atom. The molecule has 1 atom stereocenters. The molecule has 1 rings (SSSR count). The molecule has 0 fully saturated rings. The van der Waals surface area contributed by atoms with Crippen molar-refractivity contribution in [3.05, 3.63) is 18.2 Å². The zero-order valence-corrected chi connectivity index (χ0v) is 8.19. The van der Waals surface area contributed by atoms with Crippen LogP contribution in [0.4, 0.5) is 0 Å². The quantitative estimate of drug-likeness (QED) is 0.749. The first-order valence-corrected chi connectivity index (χ1v) is 4.29. The van der Waals surface area contributed by atoms with Crippen LogP contribution >= 0.6 is 0 Å². The van der Waals surface area contributed by atoms with Crippen LogP contribution in [0.15, 0.2) is 12.5 Å². The number of nitrogens with one attached hydrogen (secondary N) is 1. The lowest BCUT2D eigenvalue weighted by Gasteiger charge is -2.03. The smallest absolute Gasteiger partial charge is 0.271 e. The molecule has 14 heavy (non-hydrogen) atoms. The van der Waals surface area contributed by atoms with Crippen LogP contribution < -0.4 is 5.32 Å². The normalized spacial score (nSPS) is 11.8. The first-order chi connectivity index (χ1) is 6.63. The predicted molar refractivity (Wildman–Crippen MR) is 50.3 cm³/mol. The highest BCUT2D eigenvalue weighted by Crippen LogP contribution is 1.95. The van der Waals surface area contributed by atoms with Gasteiger partial charge in [0, 0.05) is 19.8 Å². The number of carbonyl (C=O) groups is 1. The molecule has 74 valence electrons. The maximum atomic E-state index is 11.4. The van der Waals surface area contributed by atoms with Gasteiger partial charge in [-0.1, -0.05) is 0 Å². The summed E-state index contributed by atoms with van der Waals surface area (Å²) in [6.45, 7) is 2.10. The number of nitriles is 1. The van der Waals surface area contributed by atoms with E-state index in [2.05, 4.69) is 10.3 Å². The Morgan fingerprint density at radius 3 is 3.07 bits per heavy atom. The summed E-state index contributed by atoms with van der Waals surface area (Å²) in [5, 5.41) is 11.1. The largest absolute Gasteiger partial charge is 0.349 e. The van der Waals surface area contributed by atoms with Crippen molar-refractivity contribution in [3.8, 4) is 6.07 Å². The van der Waals surface area contributed by atoms with E-state index in [1.165, 1.54) is 0 Å². The van der Waals surface area contributed by atoms with Crippen LogP contribution in [0.1, 0.15) is 17.4 Å². The fraction of sp³-hybridized carbons (Fsp3) is 0.444. The fourth-order valence-corrected chi connectivity index (χ4v) is 0.912. The molecule has 5 heteroatoms. The van der Waals surface area contributed by atoms with Crippen LogP contribution in [0.3, 0.4) is 0 Å². The van der Waals surface area contributed by atoms with E-state index in [4.69, 9.17) is 5.26 Å². The van der Waals surface area contributed by atoms with Crippen LogP contribution in [0, 0.1) is 17.2 Å². The Kier molecular flexibility index (Phi) is 3.24. The maximum absolute atomic E-state index is 11.4. The molecule has 1 N–H and O–H groups in total. The monoisotopic (exact) mass is 192 g/mol. The standard InChI is InChI=1S/C9H12N4O/c1-7(3-10)4-11-9(14)8-5-13(2)6-12-8/h5-7H,4H2,1-2H3,(H,11,14). The van der Waals surface area contributed by atoms with E-state index in [1.807, 2.05) is 6.07 Å². The summed E-state index contributed by atoms with van der Waals surface area (Å²) in [5.41, 5.74) is 0.373. The lowest BCUT2D eigenvalue weighted by atomic mass is 10.2. The number of hydrogen-bond donors (Lipinski definition) is 1. The molecular weight excluding hydrogens is 180 g/mol. The molecular formula is C9H12N4O. The lowest BCUT2D eigenvalue weighted by Crippen LogP contribution is -2.28. The van der Waals surface area contributed by atoms with Crippen molar-refractivity contribution in [1.82, 2.24) is 14.9 Å². The minimum atomic E-state index is -0.243. The van der Waals surface area contributed by atoms with Crippen molar-refractivity contribution in [3.63, 3.8) is 0 Å². The van der Waals surface area contributed by atoms with Gasteiger partial charge in [0.15, 0.2) is 0 Å². The Bertz CT molecular complexity index is 363. The number of carbonyl (C=O) groups excluding carboxylic acids is 1. The van der Waals surface area contributed by atoms with Crippen LogP contribution in [-0.2, 0) is 7.05 Å². The Labute approximate surface area is 82.4 Å². The SMILES string of the molecule is CC(C#N)CNC(=O)c1cn(C)cn1. The Morgan fingerprint density at radius 2 is 2.57 bits per heavy atom. The van der Waals surface area contributed by atoms with Crippen LogP contribution in [0.25, 0.3) is 0 Å². The maximum Gasteiger partial charge on any atom is 0.271 e. The minimum absolute atomic E-state index is 0.178. The molecule has 5 nitrogen and oxygen atoms in total. The van der Waals surface area contributed by atoms with Crippen LogP contribution in [0.2, 0.25) is 0 Å². The zero-order chi connectivity index (χ0) is 10.6. The molecule has 1 amide bonds. The molecule has 0 saturated heterocycles. The molecule has 0 aromatic carbocycles. The molecule has 0 radical (unpaired) electrons. The molecule has 1 aromatic rings. The summed E-state index contributed by atoms with van der Waals surface area (Å²) in [7, 11) is 1.79. The van der Waals surface area contributed by atoms with Crippen LogP contribution in [0.5, 0.6) is 0 Å². The number of nitrogens with zero attached hydrogens (tertiary/aromatic N) is 3. The van der Waals surface area contributed by atoms with Crippen molar-refractivity contribution in [2.24, 2.45) is 13.0 Å². The van der Waals surface area contributed by atoms with E-state index in [0.29, 0.717) is 12.2 Å². The van der Waals surface area contributed by atoms with Gasteiger partial charge in [-0.05, 0) is 6.92 Å². The Balaban J connectivity index is 2.48. The van der Waals surface area contributed by atoms with E-state index < -0.39 is 0 Å². The van der Waals surface area contributed by atoms with Gasteiger partial charge in [0.05, 0.1) is 18.3 Å². The van der Waals surface area contributed by atoms with E-state index in [9.17, 15) is 4.79 Å². The predicted octanol–water partition coefficient (Wildman–Crippen LogP) is 0.310. The summed E-state index contributed by atoms with van der Waals surface area (Å²) in [6, 6.07) is 2.04. The number of hydrogen-bond acceptors (Lipinski definition) is 3. The third-order valence-electron chi connectivity index (χ3n) is 1.73. The van der Waals surface area contributed by atoms with E-state index in [-0.39, 0.29) is 11.8 Å². The van der Waals surface area contributed by atoms with Gasteiger partial charge in [0.25, 0.3) is 5.91 Å². The molecule has 0 bridgehead atoms. The van der Waals surface area contributed by atoms with Gasteiger partial charge in [-0.2, -0.15) is 5.26 Å². The van der Waals surface area contributed by atoms with Crippen LogP contribution in [-0.4, -0.2) is 22.0 Å². The number of rotatable bonds is 3. The summed E-state index contributed by atoms with van der Waals surface area (Å²) < 4.78 is 1.70. The number of aromatic nitrogens is 2. The van der Waals surface area contributed by atoms with Gasteiger partial charge >= 0.3 is 0 Å². The highest BCUT2D eigenvalue weighted by molar-refractivity contribution is 5.91. The summed E-state index contributed by atoms with van der Waals surface area (Å²) in [5.74, 6) is -0.421. The van der Waals surface area contributed by atoms with Gasteiger partial charge in [-0.25, -0.2) is 4.98 Å². The van der Waals surface area contributed by atoms with Crippen molar-refractivity contribution in [2.75, 3.05) is 6.54 Å². The summed E-state index contributed by atoms with van der Waals surface area (Å²) >= 11 is 0. The first-order valence-electron chi connectivity index (χ1n) is 4.29. The van der Waals surface area contributed by atoms with Crippen molar-refractivity contribution in [2.45, 2.75) is 6.92 Å². The van der Waals surface area contributed by atoms with Crippen molar-refractivity contribution in [1.29, 1.82) is 5.26 Å². The van der Waals surface area contributed by atoms with Crippen molar-refractivity contribution >= 4 is 5.91 Å². The van der Waals surface area contributed by atoms with Gasteiger partial charge in [0.2, 0.25) is 0 Å². The number of aryl methyl sites for hydroxylation is 1. The van der Waals surface area contributed by atoms with Crippen molar-refractivity contribution < 1.29 is 4.79 Å². The third-order valence-corrected chi connectivity index (χ3v) is 1.73. The molecule has 0 spiro atoms. The second-order valence-electron chi connectivity index (χ2n) is 3.16. The molecule has 0 aliphatic rings. The average Bonchev–Trinajstić information content (AvgIpc) is 2.60. The second-order valence-corrected chi connectivity index (χ2v) is 3.16. The average molecular weight is 192 g/mol. The second kappa shape index (κ2) is 4.42. The van der Waals surface area contributed by atoms with E-state index in [0.717, 1.165) is 0 Å². The molecule has 1 aromatic heterocycles. The molecule has 0 saturated carbocycles. The highest BCUT2D eigenvalue weighted by atomic mass is 16.1. The molecule has 0 aliphatic heterocycles. The summed E-state index contributed by atoms with van der Waals surface area (Å²) in [4.78, 5) is 15.3. The van der Waals surface area contributed by atoms with Gasteiger partial charge in [0.1, 0.15) is 5.69 Å². The Hall–Kier alpha value is -1.83. The first kappa shape index (κ1) is 10.3. The highest BCUT2D eigenvalue weighted by Gasteiger charge is 2.09. The van der Waals surface area contributed by atoms with Gasteiger partial charge in [-0.3, -0.25) is 4.79 Å². The van der Waals surface area contributed by atoms with E-state index in [1.54, 1.807) is 31.1 Å². The number of imidazole rings is 1. The molecule has 1 unspecified atom stereocenters. The van der Waals surface area contributed by atoms with E-state index >= 15 is 0 Å².